The molecule has 0 aromatic heterocycles. The van der Waals surface area contributed by atoms with Crippen LogP contribution in [0.2, 0.25) is 0 Å². The molecule has 0 amide bonds. The predicted octanol–water partition coefficient (Wildman–Crippen LogP) is 10.4. The molecule has 0 N–H and O–H groups in total. The average Bonchev–Trinajstić information content (AvgIpc) is 3.68. The summed E-state index contributed by atoms with van der Waals surface area (Å²) in [6, 6.07) is 68.2. The maximum absolute atomic E-state index is 2.54. The molecule has 2 heterocycles. The number of fused-ring (bicyclic) bond motifs is 14. The van der Waals surface area contributed by atoms with E-state index in [4.69, 9.17) is 0 Å². The van der Waals surface area contributed by atoms with Crippen molar-refractivity contribution in [2.75, 3.05) is 9.80 Å². The topological polar surface area (TPSA) is 6.48 Å². The second-order valence-corrected chi connectivity index (χ2v) is 14.9. The first-order chi connectivity index (χ1) is 26.2. The van der Waals surface area contributed by atoms with E-state index in [0.29, 0.717) is 0 Å². The zero-order valence-electron chi connectivity index (χ0n) is 29.3. The summed E-state index contributed by atoms with van der Waals surface area (Å²) in [6.07, 6.45) is 0. The molecule has 0 bridgehead atoms. The Kier molecular flexibility index (Phi) is 5.75. The predicted molar refractivity (Wildman–Crippen MR) is 221 cm³/mol. The van der Waals surface area contributed by atoms with Gasteiger partial charge in [0.05, 0.1) is 5.41 Å². The maximum atomic E-state index is 2.54. The fourth-order valence-corrected chi connectivity index (χ4v) is 10.4. The fraction of sp³-hybridized carbons (Fsp3) is 0.0400. The highest BCUT2D eigenvalue weighted by molar-refractivity contribution is 7.00. The number of anilines is 6. The van der Waals surface area contributed by atoms with Crippen molar-refractivity contribution in [3.63, 3.8) is 0 Å². The second kappa shape index (κ2) is 10.5. The zero-order chi connectivity index (χ0) is 34.8. The minimum absolute atomic E-state index is 0.120. The molecule has 0 radical (unpaired) electrons. The standard InChI is InChI=1S/C50H33BN2/c1-32-29-47-49-48(30-32)53(46-26-14-12-24-44(46)51(49)43-23-11-13-25-45(43)52(47)33-15-3-2-4-16-33)34-27-28-42-38(31-34)37-19-7-10-22-41(37)50(42)39-20-8-5-17-35(39)36-18-6-9-21-40(36)50/h2-31H,1H3. The largest absolute Gasteiger partial charge is 0.311 e. The molecule has 3 heteroatoms. The Bertz CT molecular complexity index is 2790. The summed E-state index contributed by atoms with van der Waals surface area (Å²) < 4.78 is 0. The SMILES string of the molecule is Cc1cc2c3c(c1)N(c1ccc4c(c1)-c1ccccc1C41c4ccccc4-c4ccccc41)c1ccccc1B3c1ccccc1N2c1ccccc1. The molecular weight excluding hydrogens is 639 g/mol. The van der Waals surface area contributed by atoms with Gasteiger partial charge in [-0.2, -0.15) is 0 Å². The van der Waals surface area contributed by atoms with Crippen LogP contribution in [-0.2, 0) is 5.41 Å². The van der Waals surface area contributed by atoms with Crippen LogP contribution in [0.5, 0.6) is 0 Å². The van der Waals surface area contributed by atoms with Crippen LogP contribution in [0, 0.1) is 6.92 Å². The van der Waals surface area contributed by atoms with Crippen molar-refractivity contribution in [3.8, 4) is 22.3 Å². The summed E-state index contributed by atoms with van der Waals surface area (Å²) in [5, 5.41) is 0. The third kappa shape index (κ3) is 3.64. The summed E-state index contributed by atoms with van der Waals surface area (Å²) >= 11 is 0. The molecule has 4 aliphatic rings. The van der Waals surface area contributed by atoms with Gasteiger partial charge in [0.1, 0.15) is 0 Å². The Hall–Kier alpha value is -6.58. The van der Waals surface area contributed by atoms with Crippen molar-refractivity contribution in [2.24, 2.45) is 0 Å². The number of rotatable bonds is 2. The molecule has 0 saturated carbocycles. The Morgan fingerprint density at radius 2 is 0.830 bits per heavy atom. The van der Waals surface area contributed by atoms with Crippen LogP contribution in [0.25, 0.3) is 22.3 Å². The zero-order valence-corrected chi connectivity index (χ0v) is 29.3. The Balaban J connectivity index is 1.13. The van der Waals surface area contributed by atoms with Crippen LogP contribution in [0.15, 0.2) is 182 Å². The maximum Gasteiger partial charge on any atom is 0.252 e. The molecule has 8 aromatic carbocycles. The Morgan fingerprint density at radius 3 is 1.42 bits per heavy atom. The lowest BCUT2D eigenvalue weighted by molar-refractivity contribution is 0.794. The van der Waals surface area contributed by atoms with Crippen LogP contribution in [0.1, 0.15) is 27.8 Å². The summed E-state index contributed by atoms with van der Waals surface area (Å²) in [5.41, 5.74) is 23.0. The van der Waals surface area contributed by atoms with Gasteiger partial charge in [-0.25, -0.2) is 0 Å². The lowest BCUT2D eigenvalue weighted by Gasteiger charge is -2.44. The molecule has 2 aliphatic carbocycles. The van der Waals surface area contributed by atoms with Crippen molar-refractivity contribution in [1.82, 2.24) is 0 Å². The molecule has 0 unspecified atom stereocenters. The van der Waals surface area contributed by atoms with Crippen LogP contribution < -0.4 is 26.2 Å². The minimum atomic E-state index is -0.356. The molecule has 0 atom stereocenters. The number of nitrogens with zero attached hydrogens (tertiary/aromatic N) is 2. The second-order valence-electron chi connectivity index (χ2n) is 14.9. The summed E-state index contributed by atoms with van der Waals surface area (Å²) in [5.74, 6) is 0. The van der Waals surface area contributed by atoms with Crippen molar-refractivity contribution < 1.29 is 0 Å². The average molecular weight is 673 g/mol. The normalized spacial score (nSPS) is 14.5. The Morgan fingerprint density at radius 1 is 0.377 bits per heavy atom. The van der Waals surface area contributed by atoms with Gasteiger partial charge in [-0.05, 0) is 122 Å². The highest BCUT2D eigenvalue weighted by Crippen LogP contribution is 2.63. The van der Waals surface area contributed by atoms with Crippen molar-refractivity contribution in [2.45, 2.75) is 12.3 Å². The molecule has 0 fully saturated rings. The monoisotopic (exact) mass is 672 g/mol. The van der Waals surface area contributed by atoms with Crippen molar-refractivity contribution >= 4 is 57.2 Å². The fourth-order valence-electron chi connectivity index (χ4n) is 10.4. The van der Waals surface area contributed by atoms with E-state index < -0.39 is 0 Å². The van der Waals surface area contributed by atoms with Crippen LogP contribution in [-0.4, -0.2) is 6.71 Å². The number of aryl methyl sites for hydroxylation is 1. The van der Waals surface area contributed by atoms with Crippen molar-refractivity contribution in [1.29, 1.82) is 0 Å². The molecule has 246 valence electrons. The van der Waals surface area contributed by atoms with Crippen molar-refractivity contribution in [3.05, 3.63) is 210 Å². The molecular formula is C50H33BN2. The molecule has 53 heavy (non-hydrogen) atoms. The van der Waals surface area contributed by atoms with E-state index in [0.717, 1.165) is 0 Å². The molecule has 12 rings (SSSR count). The van der Waals surface area contributed by atoms with E-state index in [1.807, 2.05) is 0 Å². The number of benzene rings is 8. The summed E-state index contributed by atoms with van der Waals surface area (Å²) in [4.78, 5) is 5.01. The van der Waals surface area contributed by atoms with Gasteiger partial charge in [-0.15, -0.1) is 0 Å². The van der Waals surface area contributed by atoms with Gasteiger partial charge in [0.2, 0.25) is 0 Å². The Labute approximate surface area is 310 Å². The lowest BCUT2D eigenvalue weighted by atomic mass is 9.33. The minimum Gasteiger partial charge on any atom is -0.311 e. The third-order valence-corrected chi connectivity index (χ3v) is 12.3. The first-order valence-electron chi connectivity index (χ1n) is 18.6. The summed E-state index contributed by atoms with van der Waals surface area (Å²) in [6.45, 7) is 2.36. The third-order valence-electron chi connectivity index (χ3n) is 12.3. The number of hydrogen-bond acceptors (Lipinski definition) is 2. The van der Waals surface area contributed by atoms with E-state index >= 15 is 0 Å². The van der Waals surface area contributed by atoms with Gasteiger partial charge in [0.15, 0.2) is 0 Å². The quantitative estimate of drug-likeness (QED) is 0.169. The highest BCUT2D eigenvalue weighted by Gasteiger charge is 2.52. The molecule has 8 aromatic rings. The van der Waals surface area contributed by atoms with E-state index in [-0.39, 0.29) is 12.1 Å². The molecule has 2 nitrogen and oxygen atoms in total. The van der Waals surface area contributed by atoms with Crippen LogP contribution in [0.3, 0.4) is 0 Å². The van der Waals surface area contributed by atoms with Gasteiger partial charge in [-0.3, -0.25) is 0 Å². The summed E-state index contributed by atoms with van der Waals surface area (Å²) in [7, 11) is 0. The molecule has 1 spiro atoms. The van der Waals surface area contributed by atoms with Gasteiger partial charge in [0.25, 0.3) is 6.71 Å². The van der Waals surface area contributed by atoms with E-state index in [1.165, 1.54) is 101 Å². The number of para-hydroxylation sites is 3. The van der Waals surface area contributed by atoms with Crippen LogP contribution in [0.4, 0.5) is 34.1 Å². The van der Waals surface area contributed by atoms with Gasteiger partial charge < -0.3 is 9.80 Å². The van der Waals surface area contributed by atoms with Gasteiger partial charge in [0, 0.05) is 34.1 Å². The first kappa shape index (κ1) is 29.0. The first-order valence-corrected chi connectivity index (χ1v) is 18.6. The van der Waals surface area contributed by atoms with Gasteiger partial charge >= 0.3 is 0 Å². The number of hydrogen-bond donors (Lipinski definition) is 0. The molecule has 0 saturated heterocycles. The smallest absolute Gasteiger partial charge is 0.252 e. The highest BCUT2D eigenvalue weighted by atomic mass is 15.2. The van der Waals surface area contributed by atoms with Crippen LogP contribution >= 0.6 is 0 Å². The molecule has 2 aliphatic heterocycles. The van der Waals surface area contributed by atoms with E-state index in [2.05, 4.69) is 199 Å². The van der Waals surface area contributed by atoms with Gasteiger partial charge in [-0.1, -0.05) is 133 Å². The van der Waals surface area contributed by atoms with E-state index in [9.17, 15) is 0 Å². The lowest BCUT2D eigenvalue weighted by Crippen LogP contribution is -2.61. The van der Waals surface area contributed by atoms with E-state index in [1.54, 1.807) is 0 Å².